The van der Waals surface area contributed by atoms with E-state index in [-0.39, 0.29) is 18.2 Å². The highest BCUT2D eigenvalue weighted by Crippen LogP contribution is 2.05. The molecule has 0 N–H and O–H groups in total. The van der Waals surface area contributed by atoms with Gasteiger partial charge in [0.2, 0.25) is 0 Å². The fraction of sp³-hybridized carbons (Fsp3) is 0.600. The predicted molar refractivity (Wildman–Crippen MR) is 61.0 cm³/mol. The van der Waals surface area contributed by atoms with Crippen molar-refractivity contribution in [3.8, 4) is 0 Å². The molecule has 0 unspecified atom stereocenters. The SMILES string of the molecule is CC(C)n1ccc(CC(=O)CS(C)(=O)=O)n1. The molecule has 1 aromatic heterocycles. The normalized spacial score (nSPS) is 12.0. The van der Waals surface area contributed by atoms with Crippen molar-refractivity contribution in [2.24, 2.45) is 0 Å². The zero-order valence-electron chi connectivity index (χ0n) is 9.67. The standard InChI is InChI=1S/C10H16N2O3S/c1-8(2)12-5-4-9(11-12)6-10(13)7-16(3,14)15/h4-5,8H,6-7H2,1-3H3. The highest BCUT2D eigenvalue weighted by atomic mass is 32.2. The Labute approximate surface area is 95.4 Å². The lowest BCUT2D eigenvalue weighted by Crippen LogP contribution is -2.16. The van der Waals surface area contributed by atoms with Crippen LogP contribution in [-0.4, -0.2) is 36.0 Å². The largest absolute Gasteiger partial charge is 0.298 e. The first-order valence-corrected chi connectivity index (χ1v) is 7.07. The van der Waals surface area contributed by atoms with Crippen molar-refractivity contribution in [3.63, 3.8) is 0 Å². The Bertz CT molecular complexity index is 474. The van der Waals surface area contributed by atoms with Crippen molar-refractivity contribution in [1.29, 1.82) is 0 Å². The third-order valence-electron chi connectivity index (χ3n) is 1.99. The Morgan fingerprint density at radius 1 is 1.50 bits per heavy atom. The Balaban J connectivity index is 2.63. The number of carbonyl (C=O) groups is 1. The predicted octanol–water partition coefficient (Wildman–Crippen LogP) is 0.620. The molecule has 0 fully saturated rings. The van der Waals surface area contributed by atoms with E-state index in [0.29, 0.717) is 5.69 Å². The molecule has 0 aliphatic rings. The third kappa shape index (κ3) is 4.14. The molecule has 0 saturated heterocycles. The van der Waals surface area contributed by atoms with Crippen molar-refractivity contribution in [2.45, 2.75) is 26.3 Å². The minimum absolute atomic E-state index is 0.0762. The van der Waals surface area contributed by atoms with Crippen molar-refractivity contribution >= 4 is 15.6 Å². The van der Waals surface area contributed by atoms with E-state index in [1.165, 1.54) is 0 Å². The monoisotopic (exact) mass is 244 g/mol. The molecule has 0 aliphatic heterocycles. The number of sulfone groups is 1. The molecule has 6 heteroatoms. The highest BCUT2D eigenvalue weighted by Gasteiger charge is 2.13. The summed E-state index contributed by atoms with van der Waals surface area (Å²) >= 11 is 0. The molecule has 0 amide bonds. The minimum atomic E-state index is -3.24. The average Bonchev–Trinajstić information content (AvgIpc) is 2.48. The smallest absolute Gasteiger partial charge is 0.154 e. The number of nitrogens with zero attached hydrogens (tertiary/aromatic N) is 2. The van der Waals surface area contributed by atoms with E-state index in [0.717, 1.165) is 6.26 Å². The summed E-state index contributed by atoms with van der Waals surface area (Å²) in [5.41, 5.74) is 0.613. The highest BCUT2D eigenvalue weighted by molar-refractivity contribution is 7.91. The quantitative estimate of drug-likeness (QED) is 0.761. The molecule has 16 heavy (non-hydrogen) atoms. The van der Waals surface area contributed by atoms with Crippen LogP contribution in [0.5, 0.6) is 0 Å². The maximum atomic E-state index is 11.4. The molecule has 5 nitrogen and oxygen atoms in total. The summed E-state index contributed by atoms with van der Waals surface area (Å²) in [6.07, 6.45) is 2.91. The summed E-state index contributed by atoms with van der Waals surface area (Å²) in [6, 6.07) is 1.97. The van der Waals surface area contributed by atoms with Crippen molar-refractivity contribution < 1.29 is 13.2 Å². The van der Waals surface area contributed by atoms with Gasteiger partial charge >= 0.3 is 0 Å². The van der Waals surface area contributed by atoms with Gasteiger partial charge < -0.3 is 0 Å². The van der Waals surface area contributed by atoms with Crippen LogP contribution in [0.4, 0.5) is 0 Å². The molecule has 90 valence electrons. The number of rotatable bonds is 5. The van der Waals surface area contributed by atoms with E-state index in [9.17, 15) is 13.2 Å². The Morgan fingerprint density at radius 2 is 2.12 bits per heavy atom. The van der Waals surface area contributed by atoms with Gasteiger partial charge in [-0.3, -0.25) is 9.48 Å². The molecule has 0 spiro atoms. The van der Waals surface area contributed by atoms with Gasteiger partial charge in [0.05, 0.1) is 12.1 Å². The minimum Gasteiger partial charge on any atom is -0.298 e. The van der Waals surface area contributed by atoms with E-state index in [2.05, 4.69) is 5.10 Å². The van der Waals surface area contributed by atoms with E-state index in [4.69, 9.17) is 0 Å². The number of hydrogen-bond donors (Lipinski definition) is 0. The van der Waals surface area contributed by atoms with Crippen LogP contribution in [0, 0.1) is 0 Å². The van der Waals surface area contributed by atoms with Crippen LogP contribution in [-0.2, 0) is 21.1 Å². The Morgan fingerprint density at radius 3 is 2.56 bits per heavy atom. The fourth-order valence-corrected chi connectivity index (χ4v) is 1.99. The second-order valence-corrected chi connectivity index (χ2v) is 6.31. The van der Waals surface area contributed by atoms with Crippen molar-refractivity contribution in [2.75, 3.05) is 12.0 Å². The molecule has 0 bridgehead atoms. The number of carbonyl (C=O) groups excluding carboxylic acids is 1. The van der Waals surface area contributed by atoms with Gasteiger partial charge in [-0.05, 0) is 19.9 Å². The van der Waals surface area contributed by atoms with E-state index in [1.807, 2.05) is 13.8 Å². The van der Waals surface area contributed by atoms with Crippen molar-refractivity contribution in [3.05, 3.63) is 18.0 Å². The van der Waals surface area contributed by atoms with Gasteiger partial charge in [0.1, 0.15) is 5.75 Å². The first-order chi connectivity index (χ1) is 7.28. The summed E-state index contributed by atoms with van der Waals surface area (Å²) in [5, 5.41) is 4.18. The van der Waals surface area contributed by atoms with Crippen LogP contribution >= 0.6 is 0 Å². The van der Waals surface area contributed by atoms with Gasteiger partial charge in [-0.1, -0.05) is 0 Å². The average molecular weight is 244 g/mol. The second-order valence-electron chi connectivity index (χ2n) is 4.17. The van der Waals surface area contributed by atoms with Crippen LogP contribution in [0.2, 0.25) is 0 Å². The Kier molecular flexibility index (Phi) is 3.85. The maximum absolute atomic E-state index is 11.4. The molecule has 0 aliphatic carbocycles. The molecule has 1 rings (SSSR count). The summed E-state index contributed by atoms with van der Waals surface area (Å²) in [6.45, 7) is 3.96. The molecular weight excluding hydrogens is 228 g/mol. The number of hydrogen-bond acceptors (Lipinski definition) is 4. The van der Waals surface area contributed by atoms with E-state index in [1.54, 1.807) is 16.9 Å². The van der Waals surface area contributed by atoms with Crippen LogP contribution in [0.25, 0.3) is 0 Å². The van der Waals surface area contributed by atoms with Gasteiger partial charge in [-0.2, -0.15) is 5.10 Å². The molecule has 0 saturated carbocycles. The molecule has 0 radical (unpaired) electrons. The summed E-state index contributed by atoms with van der Waals surface area (Å²) in [4.78, 5) is 11.4. The molecule has 0 atom stereocenters. The summed E-state index contributed by atoms with van der Waals surface area (Å²) in [5.74, 6) is -0.738. The van der Waals surface area contributed by atoms with Gasteiger partial charge in [-0.25, -0.2) is 8.42 Å². The zero-order chi connectivity index (χ0) is 12.3. The summed E-state index contributed by atoms with van der Waals surface area (Å²) in [7, 11) is -3.24. The summed E-state index contributed by atoms with van der Waals surface area (Å²) < 4.78 is 23.5. The number of ketones is 1. The van der Waals surface area contributed by atoms with Crippen LogP contribution in [0.1, 0.15) is 25.6 Å². The van der Waals surface area contributed by atoms with Gasteiger partial charge in [0, 0.05) is 18.5 Å². The van der Waals surface area contributed by atoms with E-state index >= 15 is 0 Å². The molecule has 0 aromatic carbocycles. The first kappa shape index (κ1) is 12.9. The van der Waals surface area contributed by atoms with Gasteiger partial charge in [-0.15, -0.1) is 0 Å². The third-order valence-corrected chi connectivity index (χ3v) is 2.84. The van der Waals surface area contributed by atoms with Crippen LogP contribution in [0.15, 0.2) is 12.3 Å². The number of Topliss-reactive ketones (excluding diaryl/α,β-unsaturated/α-hetero) is 1. The molecular formula is C10H16N2O3S. The van der Waals surface area contributed by atoms with E-state index < -0.39 is 15.6 Å². The first-order valence-electron chi connectivity index (χ1n) is 5.01. The fourth-order valence-electron chi connectivity index (χ4n) is 1.30. The Hall–Kier alpha value is -1.17. The second kappa shape index (κ2) is 4.78. The van der Waals surface area contributed by atoms with Crippen LogP contribution < -0.4 is 0 Å². The zero-order valence-corrected chi connectivity index (χ0v) is 10.5. The topological polar surface area (TPSA) is 69.0 Å². The number of aromatic nitrogens is 2. The lowest BCUT2D eigenvalue weighted by atomic mass is 10.2. The maximum Gasteiger partial charge on any atom is 0.154 e. The van der Waals surface area contributed by atoms with Gasteiger partial charge in [0.25, 0.3) is 0 Å². The lowest BCUT2D eigenvalue weighted by Gasteiger charge is -2.03. The lowest BCUT2D eigenvalue weighted by molar-refractivity contribution is -0.116. The van der Waals surface area contributed by atoms with Crippen LogP contribution in [0.3, 0.4) is 0 Å². The molecule has 1 aromatic rings. The van der Waals surface area contributed by atoms with Crippen molar-refractivity contribution in [1.82, 2.24) is 9.78 Å². The molecule has 1 heterocycles. The van der Waals surface area contributed by atoms with Gasteiger partial charge in [0.15, 0.2) is 15.6 Å².